The number of amides is 1. The van der Waals surface area contributed by atoms with Crippen LogP contribution in [0.25, 0.3) is 0 Å². The van der Waals surface area contributed by atoms with Crippen LogP contribution in [0.1, 0.15) is 66.2 Å². The summed E-state index contributed by atoms with van der Waals surface area (Å²) in [6.07, 6.45) is 6.06. The predicted molar refractivity (Wildman–Crippen MR) is 135 cm³/mol. The van der Waals surface area contributed by atoms with Crippen LogP contribution < -0.4 is 10.6 Å². The van der Waals surface area contributed by atoms with E-state index in [1.807, 2.05) is 32.6 Å². The quantitative estimate of drug-likeness (QED) is 0.308. The first kappa shape index (κ1) is 27.5. The molecule has 4 unspecified atom stereocenters. The number of guanidine groups is 1. The summed E-state index contributed by atoms with van der Waals surface area (Å²) >= 11 is 0. The van der Waals surface area contributed by atoms with E-state index in [0.29, 0.717) is 23.8 Å². The van der Waals surface area contributed by atoms with Gasteiger partial charge in [-0.1, -0.05) is 13.3 Å². The van der Waals surface area contributed by atoms with Gasteiger partial charge >= 0.3 is 6.09 Å². The Bertz CT molecular complexity index is 597. The molecule has 2 fully saturated rings. The number of piperidine rings is 1. The zero-order valence-electron chi connectivity index (χ0n) is 19.2. The first-order chi connectivity index (χ1) is 13.7. The third-order valence-corrected chi connectivity index (χ3v) is 7.32. The lowest BCUT2D eigenvalue weighted by molar-refractivity contribution is 0.0168. The minimum atomic E-state index is -0.724. The molecule has 4 atom stereocenters. The number of carbonyl (C=O) groups is 1. The molecule has 0 aromatic heterocycles. The Morgan fingerprint density at radius 2 is 1.97 bits per heavy atom. The molecule has 9 heteroatoms. The number of nitrogens with one attached hydrogen (secondary N) is 2. The fraction of sp³-hybridized carbons (Fsp3) is 0.905. The topological polar surface area (TPSA) is 83.0 Å². The number of aliphatic imine (C=N–C) groups is 1. The van der Waals surface area contributed by atoms with E-state index in [0.717, 1.165) is 63.3 Å². The fourth-order valence-corrected chi connectivity index (χ4v) is 5.45. The highest BCUT2D eigenvalue weighted by molar-refractivity contribution is 14.0. The molecule has 176 valence electrons. The largest absolute Gasteiger partial charge is 0.444 e. The van der Waals surface area contributed by atoms with Gasteiger partial charge in [0.05, 0.1) is 0 Å². The lowest BCUT2D eigenvalue weighted by Gasteiger charge is -2.35. The van der Waals surface area contributed by atoms with Gasteiger partial charge in [0, 0.05) is 54.5 Å². The lowest BCUT2D eigenvalue weighted by Crippen LogP contribution is -2.50. The standard InChI is InChI=1S/C21H40N4O3S.HI/c1-6-29(27)18-11-7-10-17(13-18)24-19(22-5)23-14-16-9-8-12-25(15-16)20(26)28-21(2,3)4;/h16-18H,6-15H2,1-5H3,(H2,22,23,24);1H. The molecule has 2 rings (SSSR count). The second-order valence-corrected chi connectivity index (χ2v) is 11.2. The van der Waals surface area contributed by atoms with Crippen molar-refractivity contribution in [2.75, 3.05) is 32.4 Å². The smallest absolute Gasteiger partial charge is 0.410 e. The van der Waals surface area contributed by atoms with Crippen molar-refractivity contribution in [1.82, 2.24) is 15.5 Å². The van der Waals surface area contributed by atoms with Gasteiger partial charge in [0.15, 0.2) is 5.96 Å². The highest BCUT2D eigenvalue weighted by Gasteiger charge is 2.29. The van der Waals surface area contributed by atoms with Crippen LogP contribution in [0.4, 0.5) is 4.79 Å². The SMILES string of the molecule is CCS(=O)C1CCCC(NC(=NC)NCC2CCCN(C(=O)OC(C)(C)C)C2)C1.I. The summed E-state index contributed by atoms with van der Waals surface area (Å²) in [5.41, 5.74) is -0.465. The van der Waals surface area contributed by atoms with Gasteiger partial charge in [-0.05, 0) is 58.8 Å². The average molecular weight is 557 g/mol. The summed E-state index contributed by atoms with van der Waals surface area (Å²) in [7, 11) is 1.06. The van der Waals surface area contributed by atoms with Crippen LogP contribution in [0, 0.1) is 5.92 Å². The van der Waals surface area contributed by atoms with Crippen molar-refractivity contribution in [3.8, 4) is 0 Å². The van der Waals surface area contributed by atoms with Crippen LogP contribution in [-0.2, 0) is 15.5 Å². The summed E-state index contributed by atoms with van der Waals surface area (Å²) in [4.78, 5) is 18.5. The monoisotopic (exact) mass is 556 g/mol. The maximum Gasteiger partial charge on any atom is 0.410 e. The lowest BCUT2D eigenvalue weighted by atomic mass is 9.95. The van der Waals surface area contributed by atoms with Crippen molar-refractivity contribution in [3.63, 3.8) is 0 Å². The summed E-state index contributed by atoms with van der Waals surface area (Å²) in [6.45, 7) is 9.94. The summed E-state index contributed by atoms with van der Waals surface area (Å²) in [5, 5.41) is 7.25. The number of ether oxygens (including phenoxy) is 1. The summed E-state index contributed by atoms with van der Waals surface area (Å²) in [5.74, 6) is 1.91. The van der Waals surface area contributed by atoms with Crippen LogP contribution >= 0.6 is 24.0 Å². The Labute approximate surface area is 202 Å². The molecule has 0 spiro atoms. The molecule has 0 bridgehead atoms. The Hall–Kier alpha value is -0.580. The van der Waals surface area contributed by atoms with Crippen molar-refractivity contribution in [3.05, 3.63) is 0 Å². The van der Waals surface area contributed by atoms with Crippen molar-refractivity contribution >= 4 is 46.8 Å². The van der Waals surface area contributed by atoms with Crippen LogP contribution in [0.5, 0.6) is 0 Å². The van der Waals surface area contributed by atoms with E-state index < -0.39 is 16.4 Å². The maximum atomic E-state index is 12.3. The van der Waals surface area contributed by atoms with E-state index in [1.54, 1.807) is 7.05 Å². The van der Waals surface area contributed by atoms with Crippen LogP contribution in [-0.4, -0.2) is 70.5 Å². The first-order valence-corrected chi connectivity index (χ1v) is 12.4. The molecule has 1 saturated carbocycles. The van der Waals surface area contributed by atoms with Crippen molar-refractivity contribution in [2.24, 2.45) is 10.9 Å². The van der Waals surface area contributed by atoms with E-state index in [2.05, 4.69) is 15.6 Å². The van der Waals surface area contributed by atoms with Gasteiger partial charge in [0.1, 0.15) is 5.60 Å². The molecule has 1 saturated heterocycles. The van der Waals surface area contributed by atoms with Crippen LogP contribution in [0.15, 0.2) is 4.99 Å². The van der Waals surface area contributed by atoms with Crippen molar-refractivity contribution in [1.29, 1.82) is 0 Å². The molecule has 7 nitrogen and oxygen atoms in total. The Morgan fingerprint density at radius 3 is 2.60 bits per heavy atom. The molecular weight excluding hydrogens is 515 g/mol. The van der Waals surface area contributed by atoms with Crippen molar-refractivity contribution < 1.29 is 13.7 Å². The van der Waals surface area contributed by atoms with Gasteiger partial charge < -0.3 is 20.3 Å². The molecule has 30 heavy (non-hydrogen) atoms. The first-order valence-electron chi connectivity index (χ1n) is 11.0. The Kier molecular flexibility index (Phi) is 12.0. The number of hydrogen-bond donors (Lipinski definition) is 2. The van der Waals surface area contributed by atoms with E-state index >= 15 is 0 Å². The maximum absolute atomic E-state index is 12.3. The van der Waals surface area contributed by atoms with Gasteiger partial charge in [-0.25, -0.2) is 4.79 Å². The Morgan fingerprint density at radius 1 is 1.23 bits per heavy atom. The number of rotatable bonds is 5. The molecule has 1 aliphatic heterocycles. The molecule has 2 N–H and O–H groups in total. The third kappa shape index (κ3) is 9.28. The molecule has 0 aromatic carbocycles. The van der Waals surface area contributed by atoms with E-state index in [4.69, 9.17) is 4.74 Å². The molecule has 1 heterocycles. The second kappa shape index (κ2) is 13.1. The highest BCUT2D eigenvalue weighted by atomic mass is 127. The zero-order chi connectivity index (χ0) is 21.4. The molecule has 0 aromatic rings. The van der Waals surface area contributed by atoms with Gasteiger partial charge in [-0.15, -0.1) is 24.0 Å². The summed E-state index contributed by atoms with van der Waals surface area (Å²) < 4.78 is 17.7. The summed E-state index contributed by atoms with van der Waals surface area (Å²) in [6, 6.07) is 0.320. The normalized spacial score (nSPS) is 26.4. The minimum absolute atomic E-state index is 0. The number of nitrogens with zero attached hydrogens (tertiary/aromatic N) is 2. The number of likely N-dealkylation sites (tertiary alicyclic amines) is 1. The van der Waals surface area contributed by atoms with E-state index in [1.165, 1.54) is 0 Å². The van der Waals surface area contributed by atoms with E-state index in [-0.39, 0.29) is 30.1 Å². The minimum Gasteiger partial charge on any atom is -0.444 e. The molecule has 1 amide bonds. The molecule has 1 aliphatic carbocycles. The van der Waals surface area contributed by atoms with Crippen LogP contribution in [0.2, 0.25) is 0 Å². The molecular formula is C21H41IN4O3S. The van der Waals surface area contributed by atoms with Gasteiger partial charge in [0.25, 0.3) is 0 Å². The fourth-order valence-electron chi connectivity index (χ4n) is 4.10. The third-order valence-electron chi connectivity index (χ3n) is 5.58. The van der Waals surface area contributed by atoms with Gasteiger partial charge in [-0.2, -0.15) is 0 Å². The average Bonchev–Trinajstić information content (AvgIpc) is 2.69. The van der Waals surface area contributed by atoms with Gasteiger partial charge in [0.2, 0.25) is 0 Å². The van der Waals surface area contributed by atoms with Gasteiger partial charge in [-0.3, -0.25) is 9.20 Å². The second-order valence-electron chi connectivity index (χ2n) is 9.19. The van der Waals surface area contributed by atoms with Crippen molar-refractivity contribution in [2.45, 2.75) is 83.1 Å². The Balaban J connectivity index is 0.00000450. The van der Waals surface area contributed by atoms with E-state index in [9.17, 15) is 9.00 Å². The zero-order valence-corrected chi connectivity index (χ0v) is 22.4. The number of carbonyl (C=O) groups excluding carboxylic acids is 1. The molecule has 2 aliphatic rings. The highest BCUT2D eigenvalue weighted by Crippen LogP contribution is 2.23. The number of hydrogen-bond acceptors (Lipinski definition) is 4. The van der Waals surface area contributed by atoms with Crippen LogP contribution in [0.3, 0.4) is 0 Å². The predicted octanol–water partition coefficient (Wildman–Crippen LogP) is 3.50. The molecule has 0 radical (unpaired) electrons. The number of halogens is 1.